The van der Waals surface area contributed by atoms with Gasteiger partial charge in [-0.05, 0) is 0 Å². The molecule has 1 unspecified atom stereocenters. The van der Waals surface area contributed by atoms with Gasteiger partial charge in [-0.1, -0.05) is 0 Å². The van der Waals surface area contributed by atoms with Gasteiger partial charge in [-0.15, -0.1) is 0 Å². The zero-order valence-electron chi connectivity index (χ0n) is 6.33. The van der Waals surface area contributed by atoms with Crippen LogP contribution in [0.2, 0.25) is 5.21 Å². The second-order valence-electron chi connectivity index (χ2n) is 2.30. The molecule has 1 aromatic carbocycles. The van der Waals surface area contributed by atoms with E-state index >= 15 is 0 Å². The van der Waals surface area contributed by atoms with E-state index in [1.807, 2.05) is 30.3 Å². The molecule has 1 atom stereocenters. The van der Waals surface area contributed by atoms with Gasteiger partial charge < -0.3 is 0 Å². The quantitative estimate of drug-likeness (QED) is 0.726. The molecule has 11 heavy (non-hydrogen) atoms. The zero-order chi connectivity index (χ0) is 8.32. The molecule has 0 heterocycles. The number of halogens is 1. The molecule has 0 aliphatic rings. The van der Waals surface area contributed by atoms with Crippen molar-refractivity contribution in [2.45, 2.75) is 12.1 Å². The van der Waals surface area contributed by atoms with E-state index in [0.29, 0.717) is 0 Å². The standard InChI is InChI=1S/C8H10AsClS/c1-2-9(10,11)8-6-4-3-5-7-8/h3-7H,2H2,1H3. The van der Waals surface area contributed by atoms with E-state index in [9.17, 15) is 0 Å². The summed E-state index contributed by atoms with van der Waals surface area (Å²) >= 11 is 0. The normalized spacial score (nSPS) is 15.8. The molecule has 0 saturated carbocycles. The Morgan fingerprint density at radius 3 is 2.36 bits per heavy atom. The summed E-state index contributed by atoms with van der Waals surface area (Å²) < 4.78 is 1.18. The maximum absolute atomic E-state index is 6.23. The van der Waals surface area contributed by atoms with Gasteiger partial charge in [-0.3, -0.25) is 0 Å². The van der Waals surface area contributed by atoms with Crippen LogP contribution in [0.1, 0.15) is 6.92 Å². The van der Waals surface area contributed by atoms with E-state index in [0.717, 1.165) is 5.21 Å². The van der Waals surface area contributed by atoms with Crippen molar-refractivity contribution in [2.75, 3.05) is 0 Å². The monoisotopic (exact) mass is 248 g/mol. The molecule has 0 saturated heterocycles. The summed E-state index contributed by atoms with van der Waals surface area (Å²) in [7, 11) is 9.25. The Labute approximate surface area is 77.9 Å². The van der Waals surface area contributed by atoms with Crippen LogP contribution in [0.4, 0.5) is 0 Å². The third-order valence-corrected chi connectivity index (χ3v) is 10.2. The van der Waals surface area contributed by atoms with Crippen molar-refractivity contribution >= 4 is 35.6 Å². The molecule has 0 spiro atoms. The molecule has 60 valence electrons. The fourth-order valence-electron chi connectivity index (χ4n) is 0.833. The van der Waals surface area contributed by atoms with Crippen LogP contribution < -0.4 is 4.35 Å². The summed E-state index contributed by atoms with van der Waals surface area (Å²) in [6.07, 6.45) is 0. The van der Waals surface area contributed by atoms with Gasteiger partial charge in [-0.2, -0.15) is 0 Å². The zero-order valence-corrected chi connectivity index (χ0v) is 9.78. The Kier molecular flexibility index (Phi) is 3.24. The van der Waals surface area contributed by atoms with E-state index < -0.39 is 10.9 Å². The van der Waals surface area contributed by atoms with Crippen LogP contribution in [-0.2, 0) is 0 Å². The van der Waals surface area contributed by atoms with Crippen molar-refractivity contribution in [2.24, 2.45) is 0 Å². The fraction of sp³-hybridized carbons (Fsp3) is 0.250. The SMILES string of the molecule is CC[As](=S)(Cl)c1ccccc1. The summed E-state index contributed by atoms with van der Waals surface area (Å²) in [4.78, 5) is 0. The Morgan fingerprint density at radius 1 is 1.36 bits per heavy atom. The van der Waals surface area contributed by atoms with Crippen LogP contribution in [0, 0.1) is 0 Å². The Bertz CT molecular complexity index is 271. The molecular weight excluding hydrogens is 239 g/mol. The van der Waals surface area contributed by atoms with E-state index in [1.54, 1.807) is 0 Å². The van der Waals surface area contributed by atoms with Crippen molar-refractivity contribution in [3.05, 3.63) is 30.3 Å². The van der Waals surface area contributed by atoms with Crippen molar-refractivity contribution < 1.29 is 0 Å². The molecule has 0 aliphatic carbocycles. The number of rotatable bonds is 2. The molecule has 0 amide bonds. The maximum atomic E-state index is 6.23. The van der Waals surface area contributed by atoms with Crippen LogP contribution in [0.25, 0.3) is 0 Å². The topological polar surface area (TPSA) is 0 Å². The molecule has 0 aromatic heterocycles. The number of hydrogen-bond acceptors (Lipinski definition) is 1. The van der Waals surface area contributed by atoms with Crippen LogP contribution in [0.3, 0.4) is 0 Å². The Hall–Kier alpha value is 0.288. The molecule has 0 aliphatic heterocycles. The summed E-state index contributed by atoms with van der Waals surface area (Å²) in [5.74, 6) is 0. The molecule has 0 N–H and O–H groups in total. The second-order valence-corrected chi connectivity index (χ2v) is 14.7. The van der Waals surface area contributed by atoms with Gasteiger partial charge >= 0.3 is 78.1 Å². The molecule has 0 nitrogen and oxygen atoms in total. The summed E-state index contributed by atoms with van der Waals surface area (Å²) in [6, 6.07) is 10.1. The predicted molar refractivity (Wildman–Crippen MR) is 55.8 cm³/mol. The summed E-state index contributed by atoms with van der Waals surface area (Å²) in [5.41, 5.74) is 0. The first-order valence-corrected chi connectivity index (χ1v) is 10.9. The second kappa shape index (κ2) is 3.80. The summed E-state index contributed by atoms with van der Waals surface area (Å²) in [5, 5.41) is 0.944. The van der Waals surface area contributed by atoms with Crippen LogP contribution >= 0.6 is 20.3 Å². The molecular formula is C8H10AsClS. The van der Waals surface area contributed by atoms with Gasteiger partial charge in [0.2, 0.25) is 0 Å². The van der Waals surface area contributed by atoms with Gasteiger partial charge in [0.15, 0.2) is 0 Å². The average molecular weight is 249 g/mol. The van der Waals surface area contributed by atoms with Gasteiger partial charge in [-0.25, -0.2) is 0 Å². The molecule has 1 rings (SSSR count). The number of benzene rings is 1. The van der Waals surface area contributed by atoms with Gasteiger partial charge in [0.25, 0.3) is 0 Å². The molecule has 0 radical (unpaired) electrons. The average Bonchev–Trinajstić information content (AvgIpc) is 2.06. The minimum atomic E-state index is -2.33. The van der Waals surface area contributed by atoms with E-state index in [-0.39, 0.29) is 0 Å². The first-order chi connectivity index (χ1) is 5.17. The first-order valence-electron chi connectivity index (χ1n) is 3.51. The van der Waals surface area contributed by atoms with E-state index in [2.05, 4.69) is 6.92 Å². The Morgan fingerprint density at radius 2 is 1.91 bits per heavy atom. The van der Waals surface area contributed by atoms with Crippen molar-refractivity contribution in [3.63, 3.8) is 0 Å². The van der Waals surface area contributed by atoms with Crippen LogP contribution in [-0.4, -0.2) is 10.9 Å². The minimum absolute atomic E-state index is 0.944. The van der Waals surface area contributed by atoms with E-state index in [4.69, 9.17) is 20.3 Å². The van der Waals surface area contributed by atoms with Crippen LogP contribution in [0.15, 0.2) is 30.3 Å². The number of hydrogen-bond donors (Lipinski definition) is 0. The van der Waals surface area contributed by atoms with Gasteiger partial charge in [0.05, 0.1) is 0 Å². The third-order valence-electron chi connectivity index (χ3n) is 1.55. The van der Waals surface area contributed by atoms with Crippen molar-refractivity contribution in [1.29, 1.82) is 0 Å². The summed E-state index contributed by atoms with van der Waals surface area (Å²) in [6.45, 7) is 2.07. The van der Waals surface area contributed by atoms with Crippen molar-refractivity contribution in [1.82, 2.24) is 0 Å². The molecule has 0 fully saturated rings. The Balaban J connectivity index is 3.03. The molecule has 0 bridgehead atoms. The fourth-order valence-corrected chi connectivity index (χ4v) is 4.11. The van der Waals surface area contributed by atoms with E-state index in [1.165, 1.54) is 4.35 Å². The van der Waals surface area contributed by atoms with Gasteiger partial charge in [0.1, 0.15) is 0 Å². The molecule has 3 heteroatoms. The first kappa shape index (κ1) is 9.38. The van der Waals surface area contributed by atoms with Gasteiger partial charge in [0, 0.05) is 0 Å². The third kappa shape index (κ3) is 2.36. The van der Waals surface area contributed by atoms with Crippen molar-refractivity contribution in [3.8, 4) is 0 Å². The van der Waals surface area contributed by atoms with Crippen LogP contribution in [0.5, 0.6) is 0 Å². The predicted octanol–water partition coefficient (Wildman–Crippen LogP) is 2.79. The molecule has 1 aromatic rings.